The molecule has 0 aliphatic carbocycles. The molecule has 10 nitrogen and oxygen atoms in total. The second-order valence-electron chi connectivity index (χ2n) is 8.35. The molecule has 0 saturated carbocycles. The zero-order chi connectivity index (χ0) is 22.8. The highest BCUT2D eigenvalue weighted by Gasteiger charge is 2.32. The third-order valence-corrected chi connectivity index (χ3v) is 6.42. The average Bonchev–Trinajstić information content (AvgIpc) is 3.42. The first-order valence-electron chi connectivity index (χ1n) is 11.1. The maximum atomic E-state index is 13.5. The van der Waals surface area contributed by atoms with Gasteiger partial charge in [0.15, 0.2) is 17.3 Å². The quantitative estimate of drug-likeness (QED) is 0.582. The Kier molecular flexibility index (Phi) is 5.80. The number of fused-ring (bicyclic) bond motifs is 1. The van der Waals surface area contributed by atoms with Crippen molar-refractivity contribution >= 4 is 11.7 Å². The molecule has 33 heavy (non-hydrogen) atoms. The topological polar surface area (TPSA) is 98.5 Å². The maximum absolute atomic E-state index is 13.5. The molecule has 2 aliphatic rings. The van der Waals surface area contributed by atoms with E-state index in [0.29, 0.717) is 31.2 Å². The molecule has 0 radical (unpaired) electrons. The number of piperidine rings is 1. The van der Waals surface area contributed by atoms with Gasteiger partial charge in [0.2, 0.25) is 5.91 Å². The number of ether oxygens (including phenoxy) is 2. The van der Waals surface area contributed by atoms with Crippen LogP contribution in [0.4, 0.5) is 5.82 Å². The number of benzene rings is 1. The molecule has 2 aliphatic heterocycles. The van der Waals surface area contributed by atoms with Gasteiger partial charge in [0.25, 0.3) is 0 Å². The van der Waals surface area contributed by atoms with E-state index in [-0.39, 0.29) is 11.8 Å². The highest BCUT2D eigenvalue weighted by atomic mass is 16.5. The SMILES string of the molecule is COc1cc2c(cc1OC)CN(C(=O)C1CCCN(c3cc(-n4cncn4)ncn3)C1)CC2. The predicted octanol–water partition coefficient (Wildman–Crippen LogP) is 1.88. The van der Waals surface area contributed by atoms with Crippen molar-refractivity contribution in [2.24, 2.45) is 5.92 Å². The Labute approximate surface area is 192 Å². The van der Waals surface area contributed by atoms with Gasteiger partial charge in [0, 0.05) is 32.2 Å². The van der Waals surface area contributed by atoms with Crippen LogP contribution in [0.2, 0.25) is 0 Å². The fraction of sp³-hybridized carbons (Fsp3) is 0.435. The van der Waals surface area contributed by atoms with Crippen molar-refractivity contribution in [3.8, 4) is 17.3 Å². The number of nitrogens with zero attached hydrogens (tertiary/aromatic N) is 7. The molecular formula is C23H27N7O3. The van der Waals surface area contributed by atoms with Crippen LogP contribution in [0.1, 0.15) is 24.0 Å². The number of carbonyl (C=O) groups excluding carboxylic acids is 1. The molecule has 5 rings (SSSR count). The Morgan fingerprint density at radius 3 is 2.55 bits per heavy atom. The van der Waals surface area contributed by atoms with E-state index in [1.54, 1.807) is 25.2 Å². The van der Waals surface area contributed by atoms with Crippen LogP contribution in [-0.4, -0.2) is 69.4 Å². The molecule has 0 bridgehead atoms. The summed E-state index contributed by atoms with van der Waals surface area (Å²) >= 11 is 0. The lowest BCUT2D eigenvalue weighted by molar-refractivity contribution is -0.136. The van der Waals surface area contributed by atoms with E-state index < -0.39 is 0 Å². The number of anilines is 1. The summed E-state index contributed by atoms with van der Waals surface area (Å²) in [6, 6.07) is 5.91. The van der Waals surface area contributed by atoms with Crippen LogP contribution in [0.3, 0.4) is 0 Å². The fourth-order valence-corrected chi connectivity index (χ4v) is 4.68. The molecule has 2 aromatic heterocycles. The van der Waals surface area contributed by atoms with Gasteiger partial charge in [-0.2, -0.15) is 5.10 Å². The highest BCUT2D eigenvalue weighted by Crippen LogP contribution is 2.34. The van der Waals surface area contributed by atoms with Crippen LogP contribution in [0.15, 0.2) is 37.2 Å². The zero-order valence-corrected chi connectivity index (χ0v) is 18.8. The summed E-state index contributed by atoms with van der Waals surface area (Å²) in [6.07, 6.45) is 7.24. The molecule has 10 heteroatoms. The fourth-order valence-electron chi connectivity index (χ4n) is 4.68. The van der Waals surface area contributed by atoms with Crippen LogP contribution in [0.5, 0.6) is 11.5 Å². The monoisotopic (exact) mass is 449 g/mol. The normalized spacial score (nSPS) is 18.1. The molecule has 1 atom stereocenters. The van der Waals surface area contributed by atoms with E-state index in [9.17, 15) is 4.79 Å². The average molecular weight is 450 g/mol. The zero-order valence-electron chi connectivity index (χ0n) is 18.8. The van der Waals surface area contributed by atoms with Crippen LogP contribution in [0, 0.1) is 5.92 Å². The number of amides is 1. The molecule has 1 amide bonds. The van der Waals surface area contributed by atoms with Crippen molar-refractivity contribution in [2.75, 3.05) is 38.8 Å². The second kappa shape index (κ2) is 9.05. The minimum absolute atomic E-state index is 0.0646. The minimum atomic E-state index is -0.0646. The minimum Gasteiger partial charge on any atom is -0.493 e. The summed E-state index contributed by atoms with van der Waals surface area (Å²) in [5.41, 5.74) is 2.33. The Morgan fingerprint density at radius 2 is 1.79 bits per heavy atom. The van der Waals surface area contributed by atoms with Crippen LogP contribution in [-0.2, 0) is 17.8 Å². The lowest BCUT2D eigenvalue weighted by Crippen LogP contribution is -2.46. The Bertz CT molecular complexity index is 1140. The number of carbonyl (C=O) groups is 1. The summed E-state index contributed by atoms with van der Waals surface area (Å²) in [5, 5.41) is 4.14. The number of hydrogen-bond donors (Lipinski definition) is 0. The lowest BCUT2D eigenvalue weighted by Gasteiger charge is -2.37. The Balaban J connectivity index is 1.30. The standard InChI is InChI=1S/C23H27N7O3/c1-32-19-8-16-5-7-29(12-18(16)9-20(19)33-2)23(31)17-4-3-6-28(11-17)21-10-22(26-14-25-21)30-15-24-13-27-30/h8-10,13-15,17H,3-7,11-12H2,1-2H3. The first-order chi connectivity index (χ1) is 16.2. The molecule has 1 saturated heterocycles. The van der Waals surface area contributed by atoms with Crippen LogP contribution in [0.25, 0.3) is 5.82 Å². The van der Waals surface area contributed by atoms with Crippen molar-refractivity contribution in [3.63, 3.8) is 0 Å². The third-order valence-electron chi connectivity index (χ3n) is 6.42. The van der Waals surface area contributed by atoms with Crippen molar-refractivity contribution < 1.29 is 14.3 Å². The summed E-state index contributed by atoms with van der Waals surface area (Å²) in [7, 11) is 3.28. The van der Waals surface area contributed by atoms with Crippen molar-refractivity contribution in [2.45, 2.75) is 25.8 Å². The second-order valence-corrected chi connectivity index (χ2v) is 8.35. The van der Waals surface area contributed by atoms with Gasteiger partial charge in [-0.15, -0.1) is 0 Å². The summed E-state index contributed by atoms with van der Waals surface area (Å²) in [6.45, 7) is 2.80. The third kappa shape index (κ3) is 4.20. The summed E-state index contributed by atoms with van der Waals surface area (Å²) in [5.74, 6) is 3.02. The molecule has 1 fully saturated rings. The van der Waals surface area contributed by atoms with E-state index in [4.69, 9.17) is 9.47 Å². The van der Waals surface area contributed by atoms with Crippen LogP contribution < -0.4 is 14.4 Å². The van der Waals surface area contributed by atoms with Gasteiger partial charge < -0.3 is 19.3 Å². The van der Waals surface area contributed by atoms with Gasteiger partial charge >= 0.3 is 0 Å². The lowest BCUT2D eigenvalue weighted by atomic mass is 9.93. The maximum Gasteiger partial charge on any atom is 0.227 e. The first kappa shape index (κ1) is 21.2. The smallest absolute Gasteiger partial charge is 0.227 e. The van der Waals surface area contributed by atoms with Gasteiger partial charge in [-0.05, 0) is 42.5 Å². The van der Waals surface area contributed by atoms with Gasteiger partial charge in [-0.25, -0.2) is 19.6 Å². The molecular weight excluding hydrogens is 422 g/mol. The largest absolute Gasteiger partial charge is 0.493 e. The van der Waals surface area contributed by atoms with E-state index in [2.05, 4.69) is 25.0 Å². The molecule has 172 valence electrons. The Morgan fingerprint density at radius 1 is 1.00 bits per heavy atom. The van der Waals surface area contributed by atoms with E-state index in [0.717, 1.165) is 42.9 Å². The molecule has 1 unspecified atom stereocenters. The molecule has 0 N–H and O–H groups in total. The van der Waals surface area contributed by atoms with Gasteiger partial charge in [-0.1, -0.05) is 0 Å². The van der Waals surface area contributed by atoms with Gasteiger partial charge in [-0.3, -0.25) is 4.79 Å². The number of methoxy groups -OCH3 is 2. The molecule has 3 aromatic rings. The Hall–Kier alpha value is -3.69. The number of aromatic nitrogens is 5. The van der Waals surface area contributed by atoms with Crippen molar-refractivity contribution in [1.82, 2.24) is 29.6 Å². The first-order valence-corrected chi connectivity index (χ1v) is 11.1. The molecule has 0 spiro atoms. The van der Waals surface area contributed by atoms with Gasteiger partial charge in [0.1, 0.15) is 24.8 Å². The predicted molar refractivity (Wildman–Crippen MR) is 121 cm³/mol. The van der Waals surface area contributed by atoms with Crippen molar-refractivity contribution in [3.05, 3.63) is 48.3 Å². The highest BCUT2D eigenvalue weighted by molar-refractivity contribution is 5.80. The summed E-state index contributed by atoms with van der Waals surface area (Å²) in [4.78, 5) is 30.3. The van der Waals surface area contributed by atoms with Crippen LogP contribution >= 0.6 is 0 Å². The molecule has 4 heterocycles. The summed E-state index contributed by atoms with van der Waals surface area (Å²) < 4.78 is 12.5. The van der Waals surface area contributed by atoms with Crippen molar-refractivity contribution in [1.29, 1.82) is 0 Å². The van der Waals surface area contributed by atoms with E-state index in [1.165, 1.54) is 18.2 Å². The van der Waals surface area contributed by atoms with E-state index >= 15 is 0 Å². The number of rotatable bonds is 5. The van der Waals surface area contributed by atoms with Gasteiger partial charge in [0.05, 0.1) is 20.1 Å². The molecule has 1 aromatic carbocycles. The number of hydrogen-bond acceptors (Lipinski definition) is 8. The van der Waals surface area contributed by atoms with E-state index in [1.807, 2.05) is 23.1 Å².